The van der Waals surface area contributed by atoms with Crippen molar-refractivity contribution in [2.24, 2.45) is 0 Å². The molecule has 1 unspecified atom stereocenters. The van der Waals surface area contributed by atoms with Gasteiger partial charge < -0.3 is 0 Å². The van der Waals surface area contributed by atoms with Gasteiger partial charge in [0.2, 0.25) is 0 Å². The van der Waals surface area contributed by atoms with Gasteiger partial charge in [0.15, 0.2) is 0 Å². The van der Waals surface area contributed by atoms with Crippen LogP contribution in [-0.4, -0.2) is 4.98 Å². The number of pyridine rings is 1. The Hall–Kier alpha value is -2.21. The van der Waals surface area contributed by atoms with Gasteiger partial charge in [-0.05, 0) is 42.2 Å². The lowest BCUT2D eigenvalue weighted by Gasteiger charge is -2.27. The molecule has 1 heterocycles. The molecule has 0 bridgehead atoms. The maximum Gasteiger partial charge on any atom is 0.123 e. The standard InChI is InChI=1S/C18H19FN2/c1-2-3-10-18(14-20,12-15-5-4-11-21-13-15)16-6-8-17(19)9-7-16/h4-9,11,13H,2-3,10,12H2,1H3. The molecule has 0 saturated carbocycles. The second-order valence-electron chi connectivity index (χ2n) is 5.34. The molecule has 21 heavy (non-hydrogen) atoms. The van der Waals surface area contributed by atoms with Crippen LogP contribution < -0.4 is 0 Å². The van der Waals surface area contributed by atoms with Crippen molar-refractivity contribution >= 4 is 0 Å². The van der Waals surface area contributed by atoms with E-state index in [0.717, 1.165) is 30.4 Å². The number of nitriles is 1. The summed E-state index contributed by atoms with van der Waals surface area (Å²) in [5.41, 5.74) is 1.29. The van der Waals surface area contributed by atoms with Crippen molar-refractivity contribution < 1.29 is 4.39 Å². The monoisotopic (exact) mass is 282 g/mol. The van der Waals surface area contributed by atoms with E-state index in [0.29, 0.717) is 6.42 Å². The van der Waals surface area contributed by atoms with Crippen molar-refractivity contribution in [1.82, 2.24) is 4.98 Å². The van der Waals surface area contributed by atoms with E-state index in [1.54, 1.807) is 24.5 Å². The van der Waals surface area contributed by atoms with Crippen LogP contribution in [0.4, 0.5) is 4.39 Å². The summed E-state index contributed by atoms with van der Waals surface area (Å²) >= 11 is 0. The van der Waals surface area contributed by atoms with Gasteiger partial charge in [-0.3, -0.25) is 4.98 Å². The molecule has 0 aliphatic carbocycles. The van der Waals surface area contributed by atoms with Crippen LogP contribution in [0.15, 0.2) is 48.8 Å². The van der Waals surface area contributed by atoms with E-state index in [-0.39, 0.29) is 5.82 Å². The smallest absolute Gasteiger partial charge is 0.123 e. The Kier molecular flexibility index (Phi) is 5.05. The largest absolute Gasteiger partial charge is 0.264 e. The van der Waals surface area contributed by atoms with E-state index in [2.05, 4.69) is 18.0 Å². The highest BCUT2D eigenvalue weighted by molar-refractivity contribution is 5.35. The lowest BCUT2D eigenvalue weighted by Crippen LogP contribution is -2.27. The van der Waals surface area contributed by atoms with Crippen LogP contribution in [0.1, 0.15) is 37.3 Å². The molecule has 1 aromatic carbocycles. The third kappa shape index (κ3) is 3.66. The molecule has 2 aromatic rings. The Morgan fingerprint density at radius 2 is 2.00 bits per heavy atom. The van der Waals surface area contributed by atoms with E-state index in [4.69, 9.17) is 0 Å². The molecule has 3 heteroatoms. The molecule has 0 radical (unpaired) electrons. The molecule has 0 N–H and O–H groups in total. The van der Waals surface area contributed by atoms with Gasteiger partial charge in [-0.1, -0.05) is 38.0 Å². The van der Waals surface area contributed by atoms with Crippen LogP contribution >= 0.6 is 0 Å². The molecule has 1 aromatic heterocycles. The molecule has 0 amide bonds. The predicted octanol–water partition coefficient (Wildman–Crippen LogP) is 4.41. The van der Waals surface area contributed by atoms with E-state index >= 15 is 0 Å². The highest BCUT2D eigenvalue weighted by atomic mass is 19.1. The van der Waals surface area contributed by atoms with Crippen molar-refractivity contribution in [2.45, 2.75) is 38.0 Å². The first-order chi connectivity index (χ1) is 10.2. The van der Waals surface area contributed by atoms with Gasteiger partial charge in [0.05, 0.1) is 11.5 Å². The van der Waals surface area contributed by atoms with E-state index in [9.17, 15) is 9.65 Å². The van der Waals surface area contributed by atoms with Gasteiger partial charge in [0.25, 0.3) is 0 Å². The Morgan fingerprint density at radius 3 is 2.57 bits per heavy atom. The van der Waals surface area contributed by atoms with Crippen molar-refractivity contribution in [3.05, 3.63) is 65.7 Å². The van der Waals surface area contributed by atoms with Gasteiger partial charge in [-0.15, -0.1) is 0 Å². The van der Waals surface area contributed by atoms with Crippen LogP contribution in [0, 0.1) is 17.1 Å². The number of nitrogens with zero attached hydrogens (tertiary/aromatic N) is 2. The first kappa shape index (κ1) is 15.2. The Bertz CT molecular complexity index is 601. The number of benzene rings is 1. The lowest BCUT2D eigenvalue weighted by atomic mass is 9.73. The first-order valence-corrected chi connectivity index (χ1v) is 7.26. The average Bonchev–Trinajstić information content (AvgIpc) is 2.53. The fraction of sp³-hybridized carbons (Fsp3) is 0.333. The molecule has 2 nitrogen and oxygen atoms in total. The molecule has 0 fully saturated rings. The summed E-state index contributed by atoms with van der Waals surface area (Å²) in [5, 5.41) is 9.82. The third-order valence-corrected chi connectivity index (χ3v) is 3.80. The quantitative estimate of drug-likeness (QED) is 0.786. The molecule has 0 aliphatic heterocycles. The summed E-state index contributed by atoms with van der Waals surface area (Å²) in [5.74, 6) is -0.276. The molecule has 0 aliphatic rings. The van der Waals surface area contributed by atoms with Gasteiger partial charge in [0, 0.05) is 12.4 Å². The number of halogens is 1. The summed E-state index contributed by atoms with van der Waals surface area (Å²) in [6, 6.07) is 12.6. The van der Waals surface area contributed by atoms with E-state index < -0.39 is 5.41 Å². The summed E-state index contributed by atoms with van der Waals surface area (Å²) in [4.78, 5) is 4.12. The minimum atomic E-state index is -0.618. The van der Waals surface area contributed by atoms with E-state index in [1.165, 1.54) is 12.1 Å². The zero-order valence-corrected chi connectivity index (χ0v) is 12.2. The zero-order chi connectivity index (χ0) is 15.1. The third-order valence-electron chi connectivity index (χ3n) is 3.80. The molecule has 0 spiro atoms. The molecule has 108 valence electrons. The number of rotatable bonds is 6. The Labute approximate surface area is 125 Å². The summed E-state index contributed by atoms with van der Waals surface area (Å²) in [7, 11) is 0. The summed E-state index contributed by atoms with van der Waals surface area (Å²) in [6.45, 7) is 2.11. The number of aromatic nitrogens is 1. The number of hydrogen-bond acceptors (Lipinski definition) is 2. The maximum atomic E-state index is 13.2. The molecular weight excluding hydrogens is 263 g/mol. The summed E-state index contributed by atoms with van der Waals surface area (Å²) in [6.07, 6.45) is 6.87. The fourth-order valence-electron chi connectivity index (χ4n) is 2.59. The van der Waals surface area contributed by atoms with Crippen LogP contribution in [0.25, 0.3) is 0 Å². The number of hydrogen-bond donors (Lipinski definition) is 0. The van der Waals surface area contributed by atoms with Crippen molar-refractivity contribution in [3.63, 3.8) is 0 Å². The average molecular weight is 282 g/mol. The Balaban J connectivity index is 2.38. The first-order valence-electron chi connectivity index (χ1n) is 7.26. The minimum absolute atomic E-state index is 0.276. The van der Waals surface area contributed by atoms with Crippen LogP contribution in [0.2, 0.25) is 0 Å². The number of unbranched alkanes of at least 4 members (excludes halogenated alkanes) is 1. The fourth-order valence-corrected chi connectivity index (χ4v) is 2.59. The Morgan fingerprint density at radius 1 is 1.24 bits per heavy atom. The SMILES string of the molecule is CCCCC(C#N)(Cc1cccnc1)c1ccc(F)cc1. The van der Waals surface area contributed by atoms with Gasteiger partial charge in [0.1, 0.15) is 5.82 Å². The highest BCUT2D eigenvalue weighted by Gasteiger charge is 2.32. The molecule has 1 atom stereocenters. The highest BCUT2D eigenvalue weighted by Crippen LogP contribution is 2.33. The van der Waals surface area contributed by atoms with Gasteiger partial charge >= 0.3 is 0 Å². The zero-order valence-electron chi connectivity index (χ0n) is 12.2. The second kappa shape index (κ2) is 6.99. The normalized spacial score (nSPS) is 13.4. The van der Waals surface area contributed by atoms with Crippen LogP contribution in [-0.2, 0) is 11.8 Å². The maximum absolute atomic E-state index is 13.2. The van der Waals surface area contributed by atoms with Crippen LogP contribution in [0.3, 0.4) is 0 Å². The minimum Gasteiger partial charge on any atom is -0.264 e. The molecular formula is C18H19FN2. The van der Waals surface area contributed by atoms with Gasteiger partial charge in [-0.2, -0.15) is 5.26 Å². The second-order valence-corrected chi connectivity index (χ2v) is 5.34. The van der Waals surface area contributed by atoms with Crippen molar-refractivity contribution in [1.29, 1.82) is 5.26 Å². The van der Waals surface area contributed by atoms with Crippen molar-refractivity contribution in [3.8, 4) is 6.07 Å². The molecule has 0 saturated heterocycles. The van der Waals surface area contributed by atoms with Crippen LogP contribution in [0.5, 0.6) is 0 Å². The topological polar surface area (TPSA) is 36.7 Å². The molecule has 2 rings (SSSR count). The van der Waals surface area contributed by atoms with E-state index in [1.807, 2.05) is 12.1 Å². The summed E-state index contributed by atoms with van der Waals surface area (Å²) < 4.78 is 13.2. The lowest BCUT2D eigenvalue weighted by molar-refractivity contribution is 0.474. The van der Waals surface area contributed by atoms with Crippen molar-refractivity contribution in [2.75, 3.05) is 0 Å². The predicted molar refractivity (Wildman–Crippen MR) is 81.2 cm³/mol. The van der Waals surface area contributed by atoms with Gasteiger partial charge in [-0.25, -0.2) is 4.39 Å².